The molecule has 8 nitrogen and oxygen atoms in total. The highest BCUT2D eigenvalue weighted by atomic mass is 35.5. The number of pyridine rings is 1. The number of nitro groups is 1. The van der Waals surface area contributed by atoms with Crippen molar-refractivity contribution in [1.82, 2.24) is 4.98 Å². The van der Waals surface area contributed by atoms with Crippen LogP contribution in [-0.2, 0) is 0 Å². The molecule has 1 aromatic heterocycles. The van der Waals surface area contributed by atoms with Gasteiger partial charge in [-0.3, -0.25) is 15.5 Å². The summed E-state index contributed by atoms with van der Waals surface area (Å²) in [4.78, 5) is 14.3. The first-order chi connectivity index (χ1) is 12.5. The molecule has 0 saturated heterocycles. The zero-order valence-electron chi connectivity index (χ0n) is 14.6. The maximum atomic E-state index is 11.0. The van der Waals surface area contributed by atoms with Crippen LogP contribution in [-0.4, -0.2) is 29.3 Å². The minimum atomic E-state index is -0.536. The highest BCUT2D eigenvalue weighted by Crippen LogP contribution is 2.37. The summed E-state index contributed by atoms with van der Waals surface area (Å²) in [5.41, 5.74) is 3.02. The molecule has 0 unspecified atom stereocenters. The van der Waals surface area contributed by atoms with Gasteiger partial charge in [0.15, 0.2) is 11.5 Å². The van der Waals surface area contributed by atoms with Gasteiger partial charge in [-0.1, -0.05) is 18.5 Å². The Morgan fingerprint density at radius 1 is 1.50 bits per heavy atom. The number of aromatic nitrogens is 1. The van der Waals surface area contributed by atoms with Crippen molar-refractivity contribution in [3.05, 3.63) is 51.2 Å². The van der Waals surface area contributed by atoms with Gasteiger partial charge >= 0.3 is 5.69 Å². The summed E-state index contributed by atoms with van der Waals surface area (Å²) in [7, 11) is 1.52. The van der Waals surface area contributed by atoms with Crippen LogP contribution in [0.2, 0.25) is 5.02 Å². The minimum Gasteiger partial charge on any atom is -0.493 e. The van der Waals surface area contributed by atoms with E-state index in [1.807, 2.05) is 13.8 Å². The average Bonchev–Trinajstić information content (AvgIpc) is 2.63. The Morgan fingerprint density at radius 3 is 2.92 bits per heavy atom. The minimum absolute atomic E-state index is 0.00714. The van der Waals surface area contributed by atoms with Crippen LogP contribution in [0.5, 0.6) is 11.5 Å². The molecule has 26 heavy (non-hydrogen) atoms. The lowest BCUT2D eigenvalue weighted by Gasteiger charge is -2.17. The van der Waals surface area contributed by atoms with E-state index in [2.05, 4.69) is 15.5 Å². The van der Waals surface area contributed by atoms with Crippen LogP contribution in [0.4, 0.5) is 11.5 Å². The van der Waals surface area contributed by atoms with E-state index >= 15 is 0 Å². The van der Waals surface area contributed by atoms with E-state index in [1.165, 1.54) is 31.7 Å². The summed E-state index contributed by atoms with van der Waals surface area (Å²) < 4.78 is 11.1. The number of halogens is 1. The lowest BCUT2D eigenvalue weighted by molar-refractivity contribution is -0.384. The monoisotopic (exact) mass is 378 g/mol. The lowest BCUT2D eigenvalue weighted by Crippen LogP contribution is -2.11. The van der Waals surface area contributed by atoms with Gasteiger partial charge in [0.25, 0.3) is 0 Å². The number of rotatable bonds is 8. The maximum absolute atomic E-state index is 11.0. The van der Waals surface area contributed by atoms with E-state index in [-0.39, 0.29) is 17.6 Å². The summed E-state index contributed by atoms with van der Waals surface area (Å²) in [5.74, 6) is 0.987. The normalized spacial score (nSPS) is 12.0. The lowest BCUT2D eigenvalue weighted by atomic mass is 10.2. The molecule has 2 aromatic rings. The molecule has 0 saturated carbocycles. The second kappa shape index (κ2) is 9.00. The van der Waals surface area contributed by atoms with Crippen molar-refractivity contribution in [2.45, 2.75) is 26.4 Å². The number of hydrogen-bond donors (Lipinski definition) is 1. The van der Waals surface area contributed by atoms with Crippen molar-refractivity contribution in [1.29, 1.82) is 0 Å². The third kappa shape index (κ3) is 4.82. The predicted molar refractivity (Wildman–Crippen MR) is 100 cm³/mol. The molecular weight excluding hydrogens is 360 g/mol. The largest absolute Gasteiger partial charge is 0.493 e. The fourth-order valence-electron chi connectivity index (χ4n) is 2.01. The topological polar surface area (TPSA) is 98.9 Å². The second-order valence-electron chi connectivity index (χ2n) is 5.37. The Hall–Kier alpha value is -2.87. The number of anilines is 1. The number of methoxy groups -OCH3 is 1. The van der Waals surface area contributed by atoms with Gasteiger partial charge in [-0.25, -0.2) is 4.98 Å². The number of hydrazone groups is 1. The van der Waals surface area contributed by atoms with Gasteiger partial charge in [0.1, 0.15) is 0 Å². The summed E-state index contributed by atoms with van der Waals surface area (Å²) in [6.45, 7) is 3.95. The van der Waals surface area contributed by atoms with Gasteiger partial charge < -0.3 is 9.47 Å². The van der Waals surface area contributed by atoms with Gasteiger partial charge in [-0.15, -0.1) is 0 Å². The Kier molecular flexibility index (Phi) is 6.74. The van der Waals surface area contributed by atoms with Crippen LogP contribution in [0.1, 0.15) is 25.8 Å². The van der Waals surface area contributed by atoms with E-state index in [9.17, 15) is 10.1 Å². The highest BCUT2D eigenvalue weighted by molar-refractivity contribution is 6.32. The van der Waals surface area contributed by atoms with Gasteiger partial charge in [-0.05, 0) is 37.1 Å². The van der Waals surface area contributed by atoms with Gasteiger partial charge in [-0.2, -0.15) is 5.10 Å². The van der Waals surface area contributed by atoms with Crippen LogP contribution in [0.15, 0.2) is 35.6 Å². The molecule has 0 aliphatic heterocycles. The van der Waals surface area contributed by atoms with Crippen LogP contribution in [0.3, 0.4) is 0 Å². The molecule has 138 valence electrons. The molecule has 9 heteroatoms. The van der Waals surface area contributed by atoms with Crippen molar-refractivity contribution in [3.8, 4) is 11.5 Å². The summed E-state index contributed by atoms with van der Waals surface area (Å²) in [5, 5.41) is 15.3. The number of ether oxygens (including phenoxy) is 2. The average molecular weight is 379 g/mol. The van der Waals surface area contributed by atoms with Crippen LogP contribution < -0.4 is 14.9 Å². The summed E-state index contributed by atoms with van der Waals surface area (Å²) in [6.07, 6.45) is 3.72. The van der Waals surface area contributed by atoms with Crippen molar-refractivity contribution in [2.75, 3.05) is 12.5 Å². The van der Waals surface area contributed by atoms with Gasteiger partial charge in [0, 0.05) is 12.3 Å². The third-order valence-corrected chi connectivity index (χ3v) is 3.79. The summed E-state index contributed by atoms with van der Waals surface area (Å²) >= 11 is 6.29. The molecule has 0 amide bonds. The van der Waals surface area contributed by atoms with E-state index in [0.29, 0.717) is 22.1 Å². The predicted octanol–water partition coefficient (Wildman–Crippen LogP) is 4.28. The molecule has 1 atom stereocenters. The van der Waals surface area contributed by atoms with Crippen molar-refractivity contribution < 1.29 is 14.4 Å². The molecule has 1 aromatic carbocycles. The number of nitrogens with zero attached hydrogens (tertiary/aromatic N) is 3. The van der Waals surface area contributed by atoms with E-state index in [1.54, 1.807) is 12.1 Å². The molecule has 1 heterocycles. The molecule has 1 N–H and O–H groups in total. The Labute approximate surface area is 155 Å². The van der Waals surface area contributed by atoms with Gasteiger partial charge in [0.05, 0.1) is 29.4 Å². The molecule has 0 aliphatic carbocycles. The Balaban J connectivity index is 2.21. The standard InChI is InChI=1S/C17H19ClN4O4/c1-4-11(2)26-16-13(18)8-12(9-15(16)25-3)10-20-21-17-14(22(23)24)6-5-7-19-17/h5-11H,4H2,1-3H3,(H,19,21)/b20-10-/t11-/m0/s1. The maximum Gasteiger partial charge on any atom is 0.313 e. The molecule has 0 bridgehead atoms. The van der Waals surface area contributed by atoms with E-state index in [0.717, 1.165) is 6.42 Å². The van der Waals surface area contributed by atoms with E-state index in [4.69, 9.17) is 21.1 Å². The molecule has 0 fully saturated rings. The number of benzene rings is 1. The quantitative estimate of drug-likeness (QED) is 0.418. The van der Waals surface area contributed by atoms with E-state index < -0.39 is 4.92 Å². The first-order valence-electron chi connectivity index (χ1n) is 7.88. The fourth-order valence-corrected chi connectivity index (χ4v) is 2.28. The summed E-state index contributed by atoms with van der Waals surface area (Å²) in [6, 6.07) is 6.20. The van der Waals surface area contributed by atoms with Crippen LogP contribution in [0, 0.1) is 10.1 Å². The van der Waals surface area contributed by atoms with Crippen molar-refractivity contribution in [3.63, 3.8) is 0 Å². The molecule has 0 aliphatic rings. The second-order valence-corrected chi connectivity index (χ2v) is 5.78. The SMILES string of the molecule is CC[C@H](C)Oc1c(Cl)cc(/C=N\Nc2ncccc2[N+](=O)[O-])cc1OC. The fraction of sp³-hybridized carbons (Fsp3) is 0.294. The highest BCUT2D eigenvalue weighted by Gasteiger charge is 2.15. The Morgan fingerprint density at radius 2 is 2.27 bits per heavy atom. The molecule has 2 rings (SSSR count). The molecule has 0 radical (unpaired) electrons. The van der Waals surface area contributed by atoms with Gasteiger partial charge in [0.2, 0.25) is 5.82 Å². The van der Waals surface area contributed by atoms with Crippen molar-refractivity contribution >= 4 is 29.3 Å². The first kappa shape index (κ1) is 19.5. The van der Waals surface area contributed by atoms with Crippen LogP contribution >= 0.6 is 11.6 Å². The third-order valence-electron chi connectivity index (χ3n) is 3.51. The number of nitrogens with one attached hydrogen (secondary N) is 1. The Bertz CT molecular complexity index is 813. The smallest absolute Gasteiger partial charge is 0.313 e. The molecular formula is C17H19ClN4O4. The van der Waals surface area contributed by atoms with Crippen molar-refractivity contribution in [2.24, 2.45) is 5.10 Å². The molecule has 0 spiro atoms. The zero-order chi connectivity index (χ0) is 19.1. The number of hydrogen-bond acceptors (Lipinski definition) is 7. The zero-order valence-corrected chi connectivity index (χ0v) is 15.4. The first-order valence-corrected chi connectivity index (χ1v) is 8.26. The van der Waals surface area contributed by atoms with Crippen LogP contribution in [0.25, 0.3) is 0 Å².